The molecular weight excluding hydrogens is 388 g/mol. The summed E-state index contributed by atoms with van der Waals surface area (Å²) in [5.74, 6) is 7.88. The standard InChI is InChI=1S/C25H24N4O2/c1-31-23-11-10-22(18-21(23)9-5-8-20-6-3-2-4-7-20)25(30)29-16-14-28(15-17-29)24-19-26-12-13-27-24/h2-4,6-7,10-13,18-19H,8,14-17H2,1H3. The number of rotatable bonds is 4. The van der Waals surface area contributed by atoms with E-state index < -0.39 is 0 Å². The molecule has 1 aromatic heterocycles. The molecule has 6 heteroatoms. The number of hydrogen-bond acceptors (Lipinski definition) is 5. The number of amides is 1. The third kappa shape index (κ3) is 5.01. The van der Waals surface area contributed by atoms with Gasteiger partial charge >= 0.3 is 0 Å². The van der Waals surface area contributed by atoms with Gasteiger partial charge in [-0.05, 0) is 23.8 Å². The Morgan fingerprint density at radius 2 is 1.87 bits per heavy atom. The predicted octanol–water partition coefficient (Wildman–Crippen LogP) is 3.04. The lowest BCUT2D eigenvalue weighted by Gasteiger charge is -2.35. The number of aromatic nitrogens is 2. The van der Waals surface area contributed by atoms with Gasteiger partial charge in [-0.2, -0.15) is 0 Å². The number of nitrogens with zero attached hydrogens (tertiary/aromatic N) is 4. The lowest BCUT2D eigenvalue weighted by atomic mass is 10.1. The van der Waals surface area contributed by atoms with E-state index in [0.717, 1.165) is 30.0 Å². The zero-order valence-corrected chi connectivity index (χ0v) is 17.5. The second-order valence-electron chi connectivity index (χ2n) is 7.22. The summed E-state index contributed by atoms with van der Waals surface area (Å²) in [5.41, 5.74) is 2.50. The van der Waals surface area contributed by atoms with E-state index in [0.29, 0.717) is 30.8 Å². The van der Waals surface area contributed by atoms with Crippen molar-refractivity contribution in [2.75, 3.05) is 38.2 Å². The first-order chi connectivity index (χ1) is 15.2. The Bertz CT molecular complexity index is 1080. The Kier molecular flexibility index (Phi) is 6.44. The molecule has 0 unspecified atom stereocenters. The van der Waals surface area contributed by atoms with Crippen LogP contribution in [0.3, 0.4) is 0 Å². The van der Waals surface area contributed by atoms with E-state index in [1.165, 1.54) is 0 Å². The van der Waals surface area contributed by atoms with E-state index in [9.17, 15) is 4.79 Å². The van der Waals surface area contributed by atoms with Crippen LogP contribution >= 0.6 is 0 Å². The monoisotopic (exact) mass is 412 g/mol. The van der Waals surface area contributed by atoms with Crippen LogP contribution in [-0.4, -0.2) is 54.1 Å². The molecule has 0 aliphatic carbocycles. The number of carbonyl (C=O) groups is 1. The molecule has 156 valence electrons. The normalized spacial score (nSPS) is 13.3. The average Bonchev–Trinajstić information content (AvgIpc) is 2.85. The molecule has 1 fully saturated rings. The summed E-state index contributed by atoms with van der Waals surface area (Å²) in [6, 6.07) is 15.5. The van der Waals surface area contributed by atoms with Gasteiger partial charge < -0.3 is 14.5 Å². The Morgan fingerprint density at radius 1 is 1.06 bits per heavy atom. The minimum absolute atomic E-state index is 0.00700. The fraction of sp³-hybridized carbons (Fsp3) is 0.240. The van der Waals surface area contributed by atoms with Crippen molar-refractivity contribution in [3.63, 3.8) is 0 Å². The fourth-order valence-corrected chi connectivity index (χ4v) is 3.55. The van der Waals surface area contributed by atoms with Gasteiger partial charge in [0.2, 0.25) is 0 Å². The lowest BCUT2D eigenvalue weighted by molar-refractivity contribution is 0.0746. The van der Waals surface area contributed by atoms with Gasteiger partial charge in [0.25, 0.3) is 5.91 Å². The van der Waals surface area contributed by atoms with Crippen molar-refractivity contribution in [1.29, 1.82) is 0 Å². The second kappa shape index (κ2) is 9.77. The van der Waals surface area contributed by atoms with Gasteiger partial charge in [-0.15, -0.1) is 0 Å². The molecule has 0 saturated carbocycles. The van der Waals surface area contributed by atoms with Crippen molar-refractivity contribution < 1.29 is 9.53 Å². The molecule has 0 radical (unpaired) electrons. The highest BCUT2D eigenvalue weighted by atomic mass is 16.5. The second-order valence-corrected chi connectivity index (χ2v) is 7.22. The van der Waals surface area contributed by atoms with Gasteiger partial charge in [0.1, 0.15) is 11.6 Å². The Hall–Kier alpha value is -3.85. The highest BCUT2D eigenvalue weighted by Crippen LogP contribution is 2.21. The molecule has 0 spiro atoms. The number of methoxy groups -OCH3 is 1. The molecule has 1 aliphatic rings. The molecule has 0 atom stereocenters. The maximum absolute atomic E-state index is 13.1. The minimum atomic E-state index is 0.00700. The van der Waals surface area contributed by atoms with Gasteiger partial charge in [0.15, 0.2) is 0 Å². The lowest BCUT2D eigenvalue weighted by Crippen LogP contribution is -2.49. The fourth-order valence-electron chi connectivity index (χ4n) is 3.55. The quantitative estimate of drug-likeness (QED) is 0.617. The summed E-state index contributed by atoms with van der Waals surface area (Å²) < 4.78 is 5.44. The van der Waals surface area contributed by atoms with Gasteiger partial charge in [0.05, 0.1) is 18.9 Å². The maximum Gasteiger partial charge on any atom is 0.254 e. The predicted molar refractivity (Wildman–Crippen MR) is 120 cm³/mol. The molecule has 2 aromatic carbocycles. The van der Waals surface area contributed by atoms with Crippen LogP contribution in [0.1, 0.15) is 21.5 Å². The summed E-state index contributed by atoms with van der Waals surface area (Å²) >= 11 is 0. The van der Waals surface area contributed by atoms with E-state index >= 15 is 0 Å². The number of ether oxygens (including phenoxy) is 1. The number of hydrogen-bond donors (Lipinski definition) is 0. The van der Waals surface area contributed by atoms with Gasteiger partial charge in [-0.25, -0.2) is 4.98 Å². The summed E-state index contributed by atoms with van der Waals surface area (Å²) in [6.45, 7) is 2.72. The maximum atomic E-state index is 13.1. The molecule has 1 aliphatic heterocycles. The molecule has 31 heavy (non-hydrogen) atoms. The molecule has 0 N–H and O–H groups in total. The van der Waals surface area contributed by atoms with E-state index in [2.05, 4.69) is 26.7 Å². The minimum Gasteiger partial charge on any atom is -0.495 e. The van der Waals surface area contributed by atoms with Crippen LogP contribution in [0.5, 0.6) is 5.75 Å². The van der Waals surface area contributed by atoms with E-state index in [1.807, 2.05) is 47.4 Å². The van der Waals surface area contributed by atoms with Crippen molar-refractivity contribution in [3.8, 4) is 17.6 Å². The largest absolute Gasteiger partial charge is 0.495 e. The number of anilines is 1. The van der Waals surface area contributed by atoms with E-state index in [4.69, 9.17) is 4.74 Å². The first-order valence-electron chi connectivity index (χ1n) is 10.3. The molecule has 2 heterocycles. The van der Waals surface area contributed by atoms with Crippen molar-refractivity contribution in [2.45, 2.75) is 6.42 Å². The van der Waals surface area contributed by atoms with Crippen LogP contribution in [-0.2, 0) is 6.42 Å². The van der Waals surface area contributed by atoms with Gasteiger partial charge in [-0.3, -0.25) is 9.78 Å². The third-order valence-electron chi connectivity index (χ3n) is 5.25. The van der Waals surface area contributed by atoms with Gasteiger partial charge in [-0.1, -0.05) is 42.2 Å². The Balaban J connectivity index is 1.45. The van der Waals surface area contributed by atoms with Crippen LogP contribution < -0.4 is 9.64 Å². The smallest absolute Gasteiger partial charge is 0.254 e. The van der Waals surface area contributed by atoms with Crippen LogP contribution in [0.4, 0.5) is 5.82 Å². The zero-order valence-electron chi connectivity index (χ0n) is 17.5. The first kappa shape index (κ1) is 20.4. The summed E-state index contributed by atoms with van der Waals surface area (Å²) in [7, 11) is 1.62. The average molecular weight is 412 g/mol. The molecule has 4 rings (SSSR count). The van der Waals surface area contributed by atoms with Crippen molar-refractivity contribution in [2.24, 2.45) is 0 Å². The molecular formula is C25H24N4O2. The third-order valence-corrected chi connectivity index (χ3v) is 5.25. The SMILES string of the molecule is COc1ccc(C(=O)N2CCN(c3cnccn3)CC2)cc1C#CCc1ccccc1. The molecule has 3 aromatic rings. The van der Waals surface area contributed by atoms with Crippen LogP contribution in [0.15, 0.2) is 67.1 Å². The molecule has 1 saturated heterocycles. The molecule has 6 nitrogen and oxygen atoms in total. The summed E-state index contributed by atoms with van der Waals surface area (Å²) in [6.07, 6.45) is 5.74. The highest BCUT2D eigenvalue weighted by molar-refractivity contribution is 5.95. The molecule has 1 amide bonds. The van der Waals surface area contributed by atoms with Crippen LogP contribution in [0.2, 0.25) is 0 Å². The number of carbonyl (C=O) groups excluding carboxylic acids is 1. The number of benzene rings is 2. The zero-order chi connectivity index (χ0) is 21.5. The highest BCUT2D eigenvalue weighted by Gasteiger charge is 2.23. The Morgan fingerprint density at radius 3 is 2.58 bits per heavy atom. The molecule has 0 bridgehead atoms. The van der Waals surface area contributed by atoms with Crippen LogP contribution in [0.25, 0.3) is 0 Å². The van der Waals surface area contributed by atoms with Crippen molar-refractivity contribution in [3.05, 3.63) is 83.8 Å². The summed E-state index contributed by atoms with van der Waals surface area (Å²) in [4.78, 5) is 25.6. The summed E-state index contributed by atoms with van der Waals surface area (Å²) in [5, 5.41) is 0. The van der Waals surface area contributed by atoms with E-state index in [-0.39, 0.29) is 5.91 Å². The Labute approximate surface area is 182 Å². The first-order valence-corrected chi connectivity index (χ1v) is 10.3. The van der Waals surface area contributed by atoms with E-state index in [1.54, 1.807) is 31.8 Å². The topological polar surface area (TPSA) is 58.6 Å². The van der Waals surface area contributed by atoms with Crippen molar-refractivity contribution >= 4 is 11.7 Å². The van der Waals surface area contributed by atoms with Crippen molar-refractivity contribution in [1.82, 2.24) is 14.9 Å². The number of piperazine rings is 1. The van der Waals surface area contributed by atoms with Crippen LogP contribution in [0, 0.1) is 11.8 Å². The van der Waals surface area contributed by atoms with Gasteiger partial charge in [0, 0.05) is 50.6 Å².